The van der Waals surface area contributed by atoms with Gasteiger partial charge in [0.15, 0.2) is 11.5 Å². The highest BCUT2D eigenvalue weighted by Gasteiger charge is 2.12. The molecule has 6 heteroatoms. The Labute approximate surface area is 140 Å². The van der Waals surface area contributed by atoms with E-state index in [-0.39, 0.29) is 17.4 Å². The van der Waals surface area contributed by atoms with Crippen molar-refractivity contribution in [1.29, 1.82) is 0 Å². The lowest BCUT2D eigenvalue weighted by Crippen LogP contribution is -2.17. The Kier molecular flexibility index (Phi) is 5.78. The van der Waals surface area contributed by atoms with Gasteiger partial charge in [-0.05, 0) is 38.1 Å². The van der Waals surface area contributed by atoms with Gasteiger partial charge in [0.2, 0.25) is 0 Å². The molecule has 2 aromatic carbocycles. The highest BCUT2D eigenvalue weighted by atomic mass is 16.5. The molecule has 0 aliphatic heterocycles. The Morgan fingerprint density at radius 3 is 2.62 bits per heavy atom. The Hall–Kier alpha value is -3.02. The van der Waals surface area contributed by atoms with Gasteiger partial charge in [0.25, 0.3) is 5.91 Å². The number of aromatic hydroxyl groups is 1. The van der Waals surface area contributed by atoms with Gasteiger partial charge in [-0.15, -0.1) is 0 Å². The largest absolute Gasteiger partial charge is 0.507 e. The number of methoxy groups -OCH3 is 1. The third kappa shape index (κ3) is 4.25. The van der Waals surface area contributed by atoms with Gasteiger partial charge in [-0.3, -0.25) is 4.79 Å². The molecule has 6 nitrogen and oxygen atoms in total. The number of hydrogen-bond donors (Lipinski definition) is 2. The number of nitrogens with zero attached hydrogens (tertiary/aromatic N) is 1. The quantitative estimate of drug-likeness (QED) is 0.631. The maximum Gasteiger partial charge on any atom is 0.275 e. The van der Waals surface area contributed by atoms with Crippen LogP contribution in [0.5, 0.6) is 17.2 Å². The molecule has 0 aromatic heterocycles. The third-order valence-corrected chi connectivity index (χ3v) is 3.10. The second kappa shape index (κ2) is 8.01. The van der Waals surface area contributed by atoms with Crippen LogP contribution in [0.3, 0.4) is 0 Å². The normalized spacial score (nSPS) is 10.8. The maximum atomic E-state index is 12.0. The topological polar surface area (TPSA) is 80.2 Å². The summed E-state index contributed by atoms with van der Waals surface area (Å²) in [6.07, 6.45) is 1.43. The first-order valence-corrected chi connectivity index (χ1v) is 7.48. The number of benzene rings is 2. The van der Waals surface area contributed by atoms with Crippen LogP contribution >= 0.6 is 0 Å². The number of carbonyl (C=O) groups is 1. The number of amides is 1. The maximum absolute atomic E-state index is 12.0. The highest BCUT2D eigenvalue weighted by Crippen LogP contribution is 2.30. The van der Waals surface area contributed by atoms with E-state index in [4.69, 9.17) is 9.47 Å². The van der Waals surface area contributed by atoms with Gasteiger partial charge in [0, 0.05) is 5.56 Å². The zero-order valence-electron chi connectivity index (χ0n) is 13.8. The van der Waals surface area contributed by atoms with Gasteiger partial charge in [-0.1, -0.05) is 18.2 Å². The van der Waals surface area contributed by atoms with Crippen molar-refractivity contribution < 1.29 is 19.4 Å². The lowest BCUT2D eigenvalue weighted by atomic mass is 10.2. The number of phenols is 1. The van der Waals surface area contributed by atoms with Crippen LogP contribution in [0.2, 0.25) is 0 Å². The van der Waals surface area contributed by atoms with Gasteiger partial charge in [-0.25, -0.2) is 5.43 Å². The van der Waals surface area contributed by atoms with Crippen molar-refractivity contribution in [1.82, 2.24) is 5.43 Å². The molecule has 126 valence electrons. The van der Waals surface area contributed by atoms with Crippen LogP contribution in [0.1, 0.15) is 29.8 Å². The van der Waals surface area contributed by atoms with E-state index in [1.54, 1.807) is 37.4 Å². The van der Waals surface area contributed by atoms with Crippen LogP contribution in [0.15, 0.2) is 47.6 Å². The molecule has 0 unspecified atom stereocenters. The van der Waals surface area contributed by atoms with Gasteiger partial charge in [0.1, 0.15) is 5.75 Å². The minimum absolute atomic E-state index is 0.0377. The smallest absolute Gasteiger partial charge is 0.275 e. The first-order valence-electron chi connectivity index (χ1n) is 7.48. The van der Waals surface area contributed by atoms with E-state index in [0.29, 0.717) is 17.1 Å². The van der Waals surface area contributed by atoms with E-state index in [0.717, 1.165) is 0 Å². The average Bonchev–Trinajstić information content (AvgIpc) is 2.56. The van der Waals surface area contributed by atoms with E-state index in [9.17, 15) is 9.90 Å². The summed E-state index contributed by atoms with van der Waals surface area (Å²) in [6.45, 7) is 3.82. The fourth-order valence-electron chi connectivity index (χ4n) is 2.04. The van der Waals surface area contributed by atoms with Crippen molar-refractivity contribution in [2.24, 2.45) is 5.10 Å². The van der Waals surface area contributed by atoms with E-state index in [2.05, 4.69) is 10.5 Å². The molecule has 1 amide bonds. The standard InChI is InChI=1S/C18H20N2O4/c1-12(2)24-17-13(7-6-10-16(17)23-3)11-19-20-18(22)14-8-4-5-9-15(14)21/h4-12,21H,1-3H3,(H,20,22)/b19-11-. The number of hydrazone groups is 1. The molecule has 0 heterocycles. The number of rotatable bonds is 6. The molecule has 24 heavy (non-hydrogen) atoms. The molecule has 0 aliphatic carbocycles. The molecule has 0 atom stereocenters. The van der Waals surface area contributed by atoms with Gasteiger partial charge < -0.3 is 14.6 Å². The molecule has 0 spiro atoms. The van der Waals surface area contributed by atoms with Crippen LogP contribution in [0.25, 0.3) is 0 Å². The average molecular weight is 328 g/mol. The minimum atomic E-state index is -0.501. The monoisotopic (exact) mass is 328 g/mol. The van der Waals surface area contributed by atoms with Gasteiger partial charge in [0.05, 0.1) is 25.0 Å². The number of phenolic OH excluding ortho intramolecular Hbond substituents is 1. The van der Waals surface area contributed by atoms with Crippen molar-refractivity contribution in [3.63, 3.8) is 0 Å². The Bertz CT molecular complexity index is 742. The fraction of sp³-hybridized carbons (Fsp3) is 0.222. The molecule has 0 aliphatic rings. The summed E-state index contributed by atoms with van der Waals surface area (Å²) in [5.41, 5.74) is 3.20. The summed E-state index contributed by atoms with van der Waals surface area (Å²) in [4.78, 5) is 12.0. The Morgan fingerprint density at radius 2 is 1.96 bits per heavy atom. The first-order chi connectivity index (χ1) is 11.5. The number of ether oxygens (including phenoxy) is 2. The highest BCUT2D eigenvalue weighted by molar-refractivity contribution is 5.97. The third-order valence-electron chi connectivity index (χ3n) is 3.10. The molecule has 0 radical (unpaired) electrons. The molecular weight excluding hydrogens is 308 g/mol. The van der Waals surface area contributed by atoms with Crippen LogP contribution < -0.4 is 14.9 Å². The van der Waals surface area contributed by atoms with Crippen LogP contribution in [-0.2, 0) is 0 Å². The summed E-state index contributed by atoms with van der Waals surface area (Å²) in [7, 11) is 1.56. The second-order valence-corrected chi connectivity index (χ2v) is 5.26. The van der Waals surface area contributed by atoms with Gasteiger partial charge in [-0.2, -0.15) is 5.10 Å². The fourth-order valence-corrected chi connectivity index (χ4v) is 2.04. The predicted octanol–water partition coefficient (Wildman–Crippen LogP) is 2.95. The van der Waals surface area contributed by atoms with Crippen molar-refractivity contribution in [2.45, 2.75) is 20.0 Å². The number of hydrogen-bond acceptors (Lipinski definition) is 5. The molecule has 2 N–H and O–H groups in total. The SMILES string of the molecule is COc1cccc(/C=N\NC(=O)c2ccccc2O)c1OC(C)C. The Morgan fingerprint density at radius 1 is 1.21 bits per heavy atom. The van der Waals surface area contributed by atoms with Crippen molar-refractivity contribution >= 4 is 12.1 Å². The van der Waals surface area contributed by atoms with Crippen LogP contribution in [0.4, 0.5) is 0 Å². The molecule has 0 saturated carbocycles. The second-order valence-electron chi connectivity index (χ2n) is 5.26. The lowest BCUT2D eigenvalue weighted by Gasteiger charge is -2.15. The zero-order valence-corrected chi connectivity index (χ0v) is 13.8. The summed E-state index contributed by atoms with van der Waals surface area (Å²) in [5.74, 6) is 0.532. The predicted molar refractivity (Wildman–Crippen MR) is 91.9 cm³/mol. The van der Waals surface area contributed by atoms with Crippen LogP contribution in [-0.4, -0.2) is 30.4 Å². The van der Waals surface area contributed by atoms with E-state index in [1.807, 2.05) is 13.8 Å². The lowest BCUT2D eigenvalue weighted by molar-refractivity contribution is 0.0952. The molecule has 2 rings (SSSR count). The molecule has 0 saturated heterocycles. The number of para-hydroxylation sites is 2. The van der Waals surface area contributed by atoms with E-state index >= 15 is 0 Å². The van der Waals surface area contributed by atoms with Crippen molar-refractivity contribution in [3.8, 4) is 17.2 Å². The molecular formula is C18H20N2O4. The zero-order chi connectivity index (χ0) is 17.5. The molecule has 0 bridgehead atoms. The summed E-state index contributed by atoms with van der Waals surface area (Å²) in [6, 6.07) is 11.6. The van der Waals surface area contributed by atoms with Crippen LogP contribution in [0, 0.1) is 0 Å². The van der Waals surface area contributed by atoms with E-state index in [1.165, 1.54) is 18.3 Å². The Balaban J connectivity index is 2.17. The summed E-state index contributed by atoms with van der Waals surface area (Å²) in [5, 5.41) is 13.6. The number of nitrogens with one attached hydrogen (secondary N) is 1. The van der Waals surface area contributed by atoms with Crippen molar-refractivity contribution in [3.05, 3.63) is 53.6 Å². The molecule has 2 aromatic rings. The minimum Gasteiger partial charge on any atom is -0.507 e. The van der Waals surface area contributed by atoms with Crippen molar-refractivity contribution in [2.75, 3.05) is 7.11 Å². The van der Waals surface area contributed by atoms with Gasteiger partial charge >= 0.3 is 0 Å². The number of carbonyl (C=O) groups excluding carboxylic acids is 1. The van der Waals surface area contributed by atoms with E-state index < -0.39 is 5.91 Å². The first kappa shape index (κ1) is 17.3. The summed E-state index contributed by atoms with van der Waals surface area (Å²) < 4.78 is 11.1. The summed E-state index contributed by atoms with van der Waals surface area (Å²) >= 11 is 0. The molecule has 0 fully saturated rings.